The van der Waals surface area contributed by atoms with E-state index in [1.54, 1.807) is 7.05 Å². The summed E-state index contributed by atoms with van der Waals surface area (Å²) in [5.41, 5.74) is 2.38. The number of amides is 1. The summed E-state index contributed by atoms with van der Waals surface area (Å²) in [5.74, 6) is 5.03. The Kier molecular flexibility index (Phi) is 2.87. The molecule has 88 valence electrons. The standard InChI is InChI=1S/C7H9N9O/c1-16-14-7(13-15-16)11-6(17)4-2-9-3-5(10-4)12-8/h2-3H,8H2,1H3,(H,10,12)(H,11,14,17). The predicted octanol–water partition coefficient (Wildman–Crippen LogP) is -1.46. The van der Waals surface area contributed by atoms with Crippen molar-refractivity contribution in [2.45, 2.75) is 0 Å². The molecule has 2 heterocycles. The maximum absolute atomic E-state index is 11.7. The predicted molar refractivity (Wildman–Crippen MR) is 56.6 cm³/mol. The molecule has 0 aromatic carbocycles. The van der Waals surface area contributed by atoms with Crippen LogP contribution in [0.25, 0.3) is 0 Å². The molecular weight excluding hydrogens is 226 g/mol. The largest absolute Gasteiger partial charge is 0.307 e. The summed E-state index contributed by atoms with van der Waals surface area (Å²) in [6, 6.07) is 0. The van der Waals surface area contributed by atoms with Gasteiger partial charge in [0.15, 0.2) is 5.82 Å². The number of nitrogens with two attached hydrogens (primary N) is 1. The monoisotopic (exact) mass is 235 g/mol. The van der Waals surface area contributed by atoms with E-state index in [0.717, 1.165) is 0 Å². The molecule has 10 nitrogen and oxygen atoms in total. The first kappa shape index (κ1) is 10.9. The molecule has 4 N–H and O–H groups in total. The Hall–Kier alpha value is -2.62. The van der Waals surface area contributed by atoms with Gasteiger partial charge in [0.25, 0.3) is 11.9 Å². The quantitative estimate of drug-likeness (QED) is 0.433. The number of nitrogen functional groups attached to an aromatic ring is 1. The molecule has 2 aromatic heterocycles. The van der Waals surface area contributed by atoms with Gasteiger partial charge in [0.05, 0.1) is 19.4 Å². The molecular formula is C7H9N9O. The van der Waals surface area contributed by atoms with Crippen molar-refractivity contribution in [2.24, 2.45) is 12.9 Å². The van der Waals surface area contributed by atoms with Crippen LogP contribution in [0.15, 0.2) is 12.4 Å². The number of anilines is 2. The normalized spacial score (nSPS) is 10.0. The van der Waals surface area contributed by atoms with E-state index in [9.17, 15) is 4.79 Å². The molecule has 0 aliphatic heterocycles. The fraction of sp³-hybridized carbons (Fsp3) is 0.143. The number of rotatable bonds is 3. The number of hydrogen-bond donors (Lipinski definition) is 3. The Labute approximate surface area is 95.2 Å². The molecule has 0 aliphatic rings. The molecule has 0 unspecified atom stereocenters. The third-order valence-corrected chi connectivity index (χ3v) is 1.75. The van der Waals surface area contributed by atoms with Crippen molar-refractivity contribution in [2.75, 3.05) is 10.7 Å². The topological polar surface area (TPSA) is 137 Å². The van der Waals surface area contributed by atoms with Gasteiger partial charge in [-0.3, -0.25) is 15.1 Å². The summed E-state index contributed by atoms with van der Waals surface area (Å²) in [5, 5.41) is 13.4. The van der Waals surface area contributed by atoms with E-state index >= 15 is 0 Å². The second-order valence-corrected chi connectivity index (χ2v) is 2.99. The van der Waals surface area contributed by atoms with Gasteiger partial charge < -0.3 is 5.43 Å². The average Bonchev–Trinajstić information content (AvgIpc) is 2.75. The van der Waals surface area contributed by atoms with Gasteiger partial charge in [-0.25, -0.2) is 10.8 Å². The van der Waals surface area contributed by atoms with Gasteiger partial charge >= 0.3 is 0 Å². The van der Waals surface area contributed by atoms with Crippen LogP contribution in [0.3, 0.4) is 0 Å². The molecule has 17 heavy (non-hydrogen) atoms. The number of aryl methyl sites for hydroxylation is 1. The lowest BCUT2D eigenvalue weighted by Gasteiger charge is -2.01. The second-order valence-electron chi connectivity index (χ2n) is 2.99. The van der Waals surface area contributed by atoms with Crippen molar-refractivity contribution in [1.29, 1.82) is 0 Å². The summed E-state index contributed by atoms with van der Waals surface area (Å²) in [4.78, 5) is 20.6. The zero-order valence-corrected chi connectivity index (χ0v) is 8.82. The van der Waals surface area contributed by atoms with Crippen LogP contribution in [-0.4, -0.2) is 36.1 Å². The fourth-order valence-corrected chi connectivity index (χ4v) is 1.04. The van der Waals surface area contributed by atoms with E-state index in [1.807, 2.05) is 0 Å². The Morgan fingerprint density at radius 2 is 2.29 bits per heavy atom. The van der Waals surface area contributed by atoms with Gasteiger partial charge in [0.1, 0.15) is 5.69 Å². The summed E-state index contributed by atoms with van der Waals surface area (Å²) in [7, 11) is 1.58. The van der Waals surface area contributed by atoms with Crippen molar-refractivity contribution in [3.63, 3.8) is 0 Å². The van der Waals surface area contributed by atoms with E-state index in [4.69, 9.17) is 5.84 Å². The Balaban J connectivity index is 2.14. The Bertz CT molecular complexity index is 536. The number of tetrazole rings is 1. The van der Waals surface area contributed by atoms with Crippen LogP contribution < -0.4 is 16.6 Å². The van der Waals surface area contributed by atoms with Crippen LogP contribution in [0, 0.1) is 0 Å². The van der Waals surface area contributed by atoms with E-state index in [1.165, 1.54) is 17.2 Å². The first-order valence-electron chi connectivity index (χ1n) is 4.53. The number of carbonyl (C=O) groups excluding carboxylic acids is 1. The first-order chi connectivity index (χ1) is 8.19. The highest BCUT2D eigenvalue weighted by Crippen LogP contribution is 2.02. The maximum Gasteiger partial charge on any atom is 0.278 e. The second kappa shape index (κ2) is 4.49. The van der Waals surface area contributed by atoms with Crippen molar-refractivity contribution in [3.8, 4) is 0 Å². The van der Waals surface area contributed by atoms with Gasteiger partial charge in [0, 0.05) is 0 Å². The van der Waals surface area contributed by atoms with Crippen molar-refractivity contribution in [1.82, 2.24) is 30.2 Å². The number of hydrogen-bond acceptors (Lipinski definition) is 8. The molecule has 0 fully saturated rings. The van der Waals surface area contributed by atoms with E-state index in [2.05, 4.69) is 36.1 Å². The summed E-state index contributed by atoms with van der Waals surface area (Å²) in [6.45, 7) is 0. The van der Waals surface area contributed by atoms with Gasteiger partial charge in [0.2, 0.25) is 0 Å². The Morgan fingerprint density at radius 1 is 1.47 bits per heavy atom. The van der Waals surface area contributed by atoms with Gasteiger partial charge in [-0.05, 0) is 5.21 Å². The highest BCUT2D eigenvalue weighted by atomic mass is 16.2. The minimum atomic E-state index is -0.498. The lowest BCUT2D eigenvalue weighted by atomic mass is 10.4. The first-order valence-corrected chi connectivity index (χ1v) is 4.53. The molecule has 2 aromatic rings. The smallest absolute Gasteiger partial charge is 0.278 e. The summed E-state index contributed by atoms with van der Waals surface area (Å²) < 4.78 is 0. The molecule has 0 saturated carbocycles. The zero-order valence-electron chi connectivity index (χ0n) is 8.82. The molecule has 1 amide bonds. The van der Waals surface area contributed by atoms with Gasteiger partial charge in [-0.1, -0.05) is 5.10 Å². The third-order valence-electron chi connectivity index (χ3n) is 1.75. The Morgan fingerprint density at radius 3 is 2.94 bits per heavy atom. The van der Waals surface area contributed by atoms with Crippen molar-refractivity contribution >= 4 is 17.7 Å². The van der Waals surface area contributed by atoms with Crippen LogP contribution >= 0.6 is 0 Å². The third kappa shape index (κ3) is 2.49. The van der Waals surface area contributed by atoms with Crippen LogP contribution in [-0.2, 0) is 7.05 Å². The molecule has 0 saturated heterocycles. The lowest BCUT2D eigenvalue weighted by Crippen LogP contribution is -2.17. The molecule has 0 radical (unpaired) electrons. The van der Waals surface area contributed by atoms with Crippen LogP contribution in [0.5, 0.6) is 0 Å². The number of carbonyl (C=O) groups is 1. The molecule has 10 heteroatoms. The number of nitrogens with one attached hydrogen (secondary N) is 2. The number of aromatic nitrogens is 6. The zero-order chi connectivity index (χ0) is 12.3. The van der Waals surface area contributed by atoms with Crippen LogP contribution in [0.2, 0.25) is 0 Å². The van der Waals surface area contributed by atoms with Gasteiger partial charge in [-0.2, -0.15) is 4.80 Å². The van der Waals surface area contributed by atoms with Crippen molar-refractivity contribution < 1.29 is 4.79 Å². The average molecular weight is 235 g/mol. The molecule has 2 rings (SSSR count). The minimum absolute atomic E-state index is 0.0883. The number of nitrogens with zero attached hydrogens (tertiary/aromatic N) is 6. The van der Waals surface area contributed by atoms with Crippen LogP contribution in [0.4, 0.5) is 11.8 Å². The number of hydrazine groups is 1. The van der Waals surface area contributed by atoms with Gasteiger partial charge in [-0.15, -0.1) is 5.10 Å². The highest BCUT2D eigenvalue weighted by molar-refractivity contribution is 6.01. The molecule has 0 spiro atoms. The van der Waals surface area contributed by atoms with E-state index in [-0.39, 0.29) is 17.5 Å². The summed E-state index contributed by atoms with van der Waals surface area (Å²) in [6.07, 6.45) is 2.68. The van der Waals surface area contributed by atoms with Crippen LogP contribution in [0.1, 0.15) is 10.5 Å². The fourth-order valence-electron chi connectivity index (χ4n) is 1.04. The maximum atomic E-state index is 11.7. The molecule has 0 atom stereocenters. The SMILES string of the molecule is Cn1nnc(NC(=O)c2cncc(NN)n2)n1. The molecule has 0 bridgehead atoms. The van der Waals surface area contributed by atoms with E-state index in [0.29, 0.717) is 0 Å². The minimum Gasteiger partial charge on any atom is -0.307 e. The lowest BCUT2D eigenvalue weighted by molar-refractivity contribution is 0.102. The van der Waals surface area contributed by atoms with E-state index < -0.39 is 5.91 Å². The highest BCUT2D eigenvalue weighted by Gasteiger charge is 2.11. The van der Waals surface area contributed by atoms with Crippen molar-refractivity contribution in [3.05, 3.63) is 18.1 Å². The summed E-state index contributed by atoms with van der Waals surface area (Å²) >= 11 is 0. The molecule has 0 aliphatic carbocycles.